The molecular weight excluding hydrogens is 320 g/mol. The molecule has 3 amide bonds. The number of halogens is 1. The Bertz CT molecular complexity index is 535. The molecule has 1 aliphatic heterocycles. The normalized spacial score (nSPS) is 15.9. The Kier molecular flexibility index (Phi) is 7.80. The number of ether oxygens (including phenoxy) is 1. The van der Waals surface area contributed by atoms with Gasteiger partial charge < -0.3 is 26.4 Å². The topological polar surface area (TPSA) is 105 Å². The molecule has 7 nitrogen and oxygen atoms in total. The fourth-order valence-corrected chi connectivity index (χ4v) is 2.38. The third-order valence-electron chi connectivity index (χ3n) is 3.69. The predicted molar refractivity (Wildman–Crippen MR) is 91.9 cm³/mol. The summed E-state index contributed by atoms with van der Waals surface area (Å²) in [5.41, 5.74) is 7.23. The molecule has 1 unspecified atom stereocenters. The van der Waals surface area contributed by atoms with Crippen LogP contribution >= 0.6 is 12.4 Å². The van der Waals surface area contributed by atoms with Crippen LogP contribution in [0.15, 0.2) is 24.3 Å². The van der Waals surface area contributed by atoms with Crippen molar-refractivity contribution in [1.82, 2.24) is 5.32 Å². The lowest BCUT2D eigenvalue weighted by Gasteiger charge is -2.26. The largest absolute Gasteiger partial charge is 0.381 e. The highest BCUT2D eigenvalue weighted by Crippen LogP contribution is 2.20. The molecule has 1 atom stereocenters. The van der Waals surface area contributed by atoms with Crippen molar-refractivity contribution in [2.45, 2.75) is 18.9 Å². The number of carbonyl (C=O) groups excluding carboxylic acids is 2. The average Bonchev–Trinajstić information content (AvgIpc) is 2.55. The van der Waals surface area contributed by atoms with Gasteiger partial charge in [0.1, 0.15) is 0 Å². The highest BCUT2D eigenvalue weighted by Gasteiger charge is 2.26. The van der Waals surface area contributed by atoms with E-state index >= 15 is 0 Å². The molecule has 0 radical (unpaired) electrons. The minimum atomic E-state index is -0.556. The first-order chi connectivity index (χ1) is 10.6. The van der Waals surface area contributed by atoms with Crippen LogP contribution < -0.4 is 21.7 Å². The first kappa shape index (κ1) is 19.2. The number of carbonyl (C=O) groups is 2. The minimum absolute atomic E-state index is 0. The van der Waals surface area contributed by atoms with Gasteiger partial charge in [0.15, 0.2) is 0 Å². The van der Waals surface area contributed by atoms with E-state index in [2.05, 4.69) is 16.0 Å². The van der Waals surface area contributed by atoms with Crippen LogP contribution in [0.5, 0.6) is 0 Å². The molecular formula is C15H23ClN4O3. The average molecular weight is 343 g/mol. The number of amides is 3. The number of nitrogens with one attached hydrogen (secondary N) is 3. The van der Waals surface area contributed by atoms with Crippen molar-refractivity contribution in [3.05, 3.63) is 24.3 Å². The molecule has 1 aliphatic rings. The van der Waals surface area contributed by atoms with E-state index in [9.17, 15) is 9.59 Å². The maximum Gasteiger partial charge on any atom is 0.318 e. The molecule has 1 heterocycles. The maximum absolute atomic E-state index is 12.2. The van der Waals surface area contributed by atoms with Gasteiger partial charge in [-0.1, -0.05) is 6.07 Å². The zero-order chi connectivity index (χ0) is 15.9. The van der Waals surface area contributed by atoms with E-state index in [-0.39, 0.29) is 30.3 Å². The lowest BCUT2D eigenvalue weighted by molar-refractivity contribution is -0.119. The van der Waals surface area contributed by atoms with Crippen LogP contribution in [0.3, 0.4) is 0 Å². The summed E-state index contributed by atoms with van der Waals surface area (Å²) in [6.07, 6.45) is 1.60. The van der Waals surface area contributed by atoms with Gasteiger partial charge in [0, 0.05) is 31.6 Å². The van der Waals surface area contributed by atoms with E-state index < -0.39 is 6.04 Å². The highest BCUT2D eigenvalue weighted by molar-refractivity contribution is 5.96. The third kappa shape index (κ3) is 5.70. The number of rotatable bonds is 4. The van der Waals surface area contributed by atoms with Crippen LogP contribution in [0.4, 0.5) is 16.2 Å². The van der Waals surface area contributed by atoms with Crippen LogP contribution in [-0.4, -0.2) is 38.2 Å². The molecule has 0 aliphatic carbocycles. The van der Waals surface area contributed by atoms with Crippen molar-refractivity contribution in [2.24, 2.45) is 11.7 Å². The molecule has 8 heteroatoms. The predicted octanol–water partition coefficient (Wildman–Crippen LogP) is 1.55. The summed E-state index contributed by atoms with van der Waals surface area (Å²) in [4.78, 5) is 23.5. The van der Waals surface area contributed by atoms with Gasteiger partial charge in [-0.2, -0.15) is 0 Å². The molecule has 0 saturated carbocycles. The van der Waals surface area contributed by atoms with Gasteiger partial charge in [-0.25, -0.2) is 4.79 Å². The lowest BCUT2D eigenvalue weighted by Crippen LogP contribution is -2.44. The van der Waals surface area contributed by atoms with Crippen LogP contribution in [0.2, 0.25) is 0 Å². The van der Waals surface area contributed by atoms with E-state index in [1.807, 2.05) is 0 Å². The Morgan fingerprint density at radius 2 is 1.83 bits per heavy atom. The molecule has 1 aromatic carbocycles. The molecule has 0 aromatic heterocycles. The molecule has 1 aromatic rings. The molecule has 128 valence electrons. The molecule has 1 fully saturated rings. The smallest absolute Gasteiger partial charge is 0.318 e. The quantitative estimate of drug-likeness (QED) is 0.666. The Morgan fingerprint density at radius 1 is 1.22 bits per heavy atom. The third-order valence-corrected chi connectivity index (χ3v) is 3.69. The van der Waals surface area contributed by atoms with Gasteiger partial charge in [0.2, 0.25) is 5.91 Å². The van der Waals surface area contributed by atoms with E-state index in [0.29, 0.717) is 24.6 Å². The Hall–Kier alpha value is -1.83. The number of anilines is 2. The fourth-order valence-electron chi connectivity index (χ4n) is 2.38. The first-order valence-corrected chi connectivity index (χ1v) is 7.33. The van der Waals surface area contributed by atoms with Crippen molar-refractivity contribution in [2.75, 3.05) is 30.9 Å². The first-order valence-electron chi connectivity index (χ1n) is 7.33. The number of urea groups is 1. The van der Waals surface area contributed by atoms with Crippen LogP contribution in [-0.2, 0) is 9.53 Å². The van der Waals surface area contributed by atoms with Gasteiger partial charge >= 0.3 is 6.03 Å². The molecule has 1 saturated heterocycles. The minimum Gasteiger partial charge on any atom is -0.381 e. The number of hydrogen-bond acceptors (Lipinski definition) is 4. The summed E-state index contributed by atoms with van der Waals surface area (Å²) < 4.78 is 5.28. The summed E-state index contributed by atoms with van der Waals surface area (Å²) >= 11 is 0. The zero-order valence-electron chi connectivity index (χ0n) is 13.0. The summed E-state index contributed by atoms with van der Waals surface area (Å²) in [7, 11) is 1.54. The Labute approximate surface area is 141 Å². The Balaban J connectivity index is 0.00000264. The van der Waals surface area contributed by atoms with Crippen LogP contribution in [0, 0.1) is 5.92 Å². The van der Waals surface area contributed by atoms with Crippen LogP contribution in [0.25, 0.3) is 0 Å². The monoisotopic (exact) mass is 342 g/mol. The van der Waals surface area contributed by atoms with E-state index in [4.69, 9.17) is 10.5 Å². The van der Waals surface area contributed by atoms with E-state index in [0.717, 1.165) is 12.8 Å². The summed E-state index contributed by atoms with van der Waals surface area (Å²) in [5.74, 6) is -0.0788. The van der Waals surface area contributed by atoms with Crippen molar-refractivity contribution >= 4 is 35.7 Å². The van der Waals surface area contributed by atoms with Gasteiger partial charge in [-0.05, 0) is 37.0 Å². The number of benzene rings is 1. The van der Waals surface area contributed by atoms with E-state index in [1.54, 1.807) is 24.3 Å². The van der Waals surface area contributed by atoms with Gasteiger partial charge in [-0.15, -0.1) is 12.4 Å². The summed E-state index contributed by atoms with van der Waals surface area (Å²) in [6, 6.07) is 6.05. The fraction of sp³-hybridized carbons (Fsp3) is 0.467. The second-order valence-corrected chi connectivity index (χ2v) is 5.25. The van der Waals surface area contributed by atoms with Crippen molar-refractivity contribution in [3.8, 4) is 0 Å². The van der Waals surface area contributed by atoms with E-state index in [1.165, 1.54) is 7.05 Å². The molecule has 0 bridgehead atoms. The van der Waals surface area contributed by atoms with Crippen molar-refractivity contribution in [1.29, 1.82) is 0 Å². The summed E-state index contributed by atoms with van der Waals surface area (Å²) in [6.45, 7) is 1.30. The molecule has 2 rings (SSSR count). The van der Waals surface area contributed by atoms with Gasteiger partial charge in [0.25, 0.3) is 0 Å². The van der Waals surface area contributed by atoms with Gasteiger partial charge in [-0.3, -0.25) is 4.79 Å². The maximum atomic E-state index is 12.2. The van der Waals surface area contributed by atoms with Crippen molar-refractivity contribution < 1.29 is 14.3 Å². The standard InChI is InChI=1S/C15H22N4O3.ClH/c1-17-15(21)19-12-4-2-3-11(9-12)18-14(20)13(16)10-5-7-22-8-6-10;/h2-4,9-10,13H,5-8,16H2,1H3,(H,18,20)(H2,17,19,21);1H. The van der Waals surface area contributed by atoms with Crippen LogP contribution in [0.1, 0.15) is 12.8 Å². The Morgan fingerprint density at radius 3 is 2.43 bits per heavy atom. The second kappa shape index (κ2) is 9.34. The number of hydrogen-bond donors (Lipinski definition) is 4. The number of nitrogens with two attached hydrogens (primary N) is 1. The molecule has 0 spiro atoms. The van der Waals surface area contributed by atoms with Gasteiger partial charge in [0.05, 0.1) is 6.04 Å². The molecule has 5 N–H and O–H groups in total. The molecule has 23 heavy (non-hydrogen) atoms. The highest BCUT2D eigenvalue weighted by atomic mass is 35.5. The summed E-state index contributed by atoms with van der Waals surface area (Å²) in [5, 5.41) is 7.91. The van der Waals surface area contributed by atoms with Crippen molar-refractivity contribution in [3.63, 3.8) is 0 Å². The SMILES string of the molecule is CNC(=O)Nc1cccc(NC(=O)C(N)C2CCOCC2)c1.Cl. The second-order valence-electron chi connectivity index (χ2n) is 5.25. The lowest BCUT2D eigenvalue weighted by atomic mass is 9.92. The zero-order valence-corrected chi connectivity index (χ0v) is 13.8.